The second-order valence-electron chi connectivity index (χ2n) is 22.9. The first-order valence-electron chi connectivity index (χ1n) is 22.9. The first-order valence-corrected chi connectivity index (χ1v) is 22.9. The van der Waals surface area contributed by atoms with Crippen molar-refractivity contribution in [3.05, 3.63) is 47.3 Å². The van der Waals surface area contributed by atoms with Crippen LogP contribution in [0.25, 0.3) is 11.0 Å². The lowest BCUT2D eigenvalue weighted by atomic mass is 9.33. The molecule has 11 heteroatoms. The lowest BCUT2D eigenvalue weighted by molar-refractivity contribution is -0.235. The number of amides is 2. The maximum atomic E-state index is 14.5. The highest BCUT2D eigenvalue weighted by Gasteiger charge is 2.71. The molecule has 1 aromatic carbocycles. The number of ketones is 1. The summed E-state index contributed by atoms with van der Waals surface area (Å²) >= 11 is 0. The van der Waals surface area contributed by atoms with Gasteiger partial charge in [0, 0.05) is 29.8 Å². The van der Waals surface area contributed by atoms with Crippen molar-refractivity contribution < 1.29 is 33.8 Å². The minimum atomic E-state index is -1.27. The average molecular weight is 837 g/mol. The molecule has 6 aliphatic carbocycles. The maximum absolute atomic E-state index is 14.5. The van der Waals surface area contributed by atoms with Crippen LogP contribution in [0.4, 0.5) is 0 Å². The summed E-state index contributed by atoms with van der Waals surface area (Å²) in [5.41, 5.74) is 0.561. The Morgan fingerprint density at radius 3 is 2.16 bits per heavy atom. The first-order chi connectivity index (χ1) is 28.3. The van der Waals surface area contributed by atoms with E-state index in [-0.39, 0.29) is 69.6 Å². The van der Waals surface area contributed by atoms with Gasteiger partial charge in [0.05, 0.1) is 28.4 Å². The molecular formula is C50H68N4O7. The Balaban J connectivity index is 1.03. The summed E-state index contributed by atoms with van der Waals surface area (Å²) < 4.78 is 6.42. The van der Waals surface area contributed by atoms with Gasteiger partial charge in [-0.25, -0.2) is 0 Å². The van der Waals surface area contributed by atoms with E-state index in [0.29, 0.717) is 41.3 Å². The van der Waals surface area contributed by atoms with Crippen LogP contribution in [0.1, 0.15) is 151 Å². The van der Waals surface area contributed by atoms with Crippen molar-refractivity contribution in [2.45, 2.75) is 158 Å². The third kappa shape index (κ3) is 6.34. The summed E-state index contributed by atoms with van der Waals surface area (Å²) in [4.78, 5) is 76.5. The minimum absolute atomic E-state index is 0.00503. The monoisotopic (exact) mass is 837 g/mol. The molecule has 3 N–H and O–H groups in total. The molecule has 330 valence electrons. The number of hydrogen-bond acceptors (Lipinski definition) is 8. The molecule has 5 fully saturated rings. The van der Waals surface area contributed by atoms with Gasteiger partial charge in [-0.2, -0.15) is 0 Å². The number of ether oxygens (including phenoxy) is 1. The van der Waals surface area contributed by atoms with Gasteiger partial charge >= 0.3 is 11.9 Å². The molecule has 2 amide bonds. The summed E-state index contributed by atoms with van der Waals surface area (Å²) in [6.07, 6.45) is 10.8. The van der Waals surface area contributed by atoms with Gasteiger partial charge in [-0.1, -0.05) is 62.3 Å². The molecule has 1 unspecified atom stereocenters. The summed E-state index contributed by atoms with van der Waals surface area (Å²) in [5, 5.41) is 16.1. The zero-order chi connectivity index (χ0) is 44.5. The molecule has 61 heavy (non-hydrogen) atoms. The SMILES string of the molecule is CC(C)C1=C2C3CC[C@@H]4[C@@]5(C)CC[C@H](OC(=O)[C@H]6C[C@@H](C(=O)O)C6(C)C)C(C)(C)[C@@H]5CC[C@@]4(C)[C@]3(C)CC[C@@]2(NC(=O)C(C)(C)NC(=O)c2ccc3nccnc3c2)CC1=O. The third-order valence-corrected chi connectivity index (χ3v) is 18.6. The Hall–Kier alpha value is -4.15. The fourth-order valence-corrected chi connectivity index (χ4v) is 14.8. The molecule has 2 aromatic rings. The molecule has 1 heterocycles. The number of allylic oxidation sites excluding steroid dienone is 1. The van der Waals surface area contributed by atoms with E-state index < -0.39 is 34.3 Å². The number of esters is 1. The number of carbonyl (C=O) groups is 5. The Kier molecular flexibility index (Phi) is 10.1. The molecule has 1 aromatic heterocycles. The number of carboxylic acids is 1. The Bertz CT molecular complexity index is 2240. The molecule has 6 aliphatic rings. The number of Topliss-reactive ketones (excluding diaryl/α,β-unsaturated/α-hetero) is 1. The molecule has 0 bridgehead atoms. The zero-order valence-electron chi connectivity index (χ0n) is 38.3. The fraction of sp³-hybridized carbons (Fsp3) is 0.700. The van der Waals surface area contributed by atoms with Crippen LogP contribution in [-0.2, 0) is 23.9 Å². The Morgan fingerprint density at radius 1 is 0.820 bits per heavy atom. The molecule has 10 atom stereocenters. The molecule has 5 saturated carbocycles. The number of aromatic nitrogens is 2. The first kappa shape index (κ1) is 43.5. The second-order valence-corrected chi connectivity index (χ2v) is 22.9. The zero-order valence-corrected chi connectivity index (χ0v) is 38.3. The van der Waals surface area contributed by atoms with Crippen LogP contribution in [0.2, 0.25) is 0 Å². The number of nitrogens with one attached hydrogen (secondary N) is 2. The van der Waals surface area contributed by atoms with Crippen molar-refractivity contribution in [3.63, 3.8) is 0 Å². The van der Waals surface area contributed by atoms with Crippen LogP contribution in [0, 0.1) is 62.6 Å². The van der Waals surface area contributed by atoms with E-state index in [9.17, 15) is 29.1 Å². The second kappa shape index (κ2) is 14.2. The van der Waals surface area contributed by atoms with Crippen LogP contribution >= 0.6 is 0 Å². The lowest BCUT2D eigenvalue weighted by Crippen LogP contribution is -2.68. The predicted octanol–water partition coefficient (Wildman–Crippen LogP) is 8.65. The number of carboxylic acid groups (broad SMARTS) is 1. The number of benzene rings is 1. The van der Waals surface area contributed by atoms with Crippen molar-refractivity contribution in [3.8, 4) is 0 Å². The summed E-state index contributed by atoms with van der Waals surface area (Å²) in [6, 6.07) is 5.12. The fourth-order valence-electron chi connectivity index (χ4n) is 14.8. The lowest BCUT2D eigenvalue weighted by Gasteiger charge is -2.72. The van der Waals surface area contributed by atoms with Gasteiger partial charge in [0.15, 0.2) is 5.78 Å². The minimum Gasteiger partial charge on any atom is -0.481 e. The summed E-state index contributed by atoms with van der Waals surface area (Å²) in [7, 11) is 0. The van der Waals surface area contributed by atoms with Crippen LogP contribution in [0.5, 0.6) is 0 Å². The normalized spacial score (nSPS) is 37.4. The number of carbonyl (C=O) groups excluding carboxylic acids is 4. The predicted molar refractivity (Wildman–Crippen MR) is 232 cm³/mol. The van der Waals surface area contributed by atoms with E-state index in [2.05, 4.69) is 69.1 Å². The van der Waals surface area contributed by atoms with Gasteiger partial charge in [-0.3, -0.25) is 33.9 Å². The van der Waals surface area contributed by atoms with Crippen LogP contribution in [0.3, 0.4) is 0 Å². The van der Waals surface area contributed by atoms with Gasteiger partial charge in [-0.05, 0) is 146 Å². The van der Waals surface area contributed by atoms with E-state index in [1.54, 1.807) is 44.4 Å². The Labute approximate surface area is 361 Å². The largest absolute Gasteiger partial charge is 0.481 e. The van der Waals surface area contributed by atoms with E-state index >= 15 is 0 Å². The number of nitrogens with zero attached hydrogens (tertiary/aromatic N) is 2. The van der Waals surface area contributed by atoms with Crippen molar-refractivity contribution in [1.29, 1.82) is 0 Å². The van der Waals surface area contributed by atoms with Gasteiger partial charge < -0.3 is 20.5 Å². The van der Waals surface area contributed by atoms with E-state index in [1.807, 2.05) is 13.8 Å². The standard InChI is InChI=1S/C50H68N4O7/c1-27(2)38-34(55)26-50(54-43(60)46(7,8)53-40(56)28-12-14-32-33(24-28)52-23-22-51-32)21-20-48(10)29(39(38)50)13-15-36-47(9)18-17-37(45(5,6)35(47)16-19-49(36,48)11)61-42(59)31-25-30(41(57)58)44(31,3)4/h12,14,22-24,27,29-31,35-37H,13,15-21,25-26H2,1-11H3,(H,53,56)(H,54,60)(H,57,58)/t29?,30-,31+,35-,36+,37-,47-,48+,49+,50+/m0/s1. The quantitative estimate of drug-likeness (QED) is 0.221. The molecule has 8 rings (SSSR count). The highest BCUT2D eigenvalue weighted by Crippen LogP contribution is 2.76. The summed E-state index contributed by atoms with van der Waals surface area (Å²) in [5.74, 6) is -1.72. The molecule has 0 radical (unpaired) electrons. The van der Waals surface area contributed by atoms with Gasteiger partial charge in [0.25, 0.3) is 5.91 Å². The average Bonchev–Trinajstić information content (AvgIpc) is 3.46. The Morgan fingerprint density at radius 2 is 1.51 bits per heavy atom. The van der Waals surface area contributed by atoms with Crippen molar-refractivity contribution >= 4 is 40.6 Å². The van der Waals surface area contributed by atoms with Crippen molar-refractivity contribution in [2.75, 3.05) is 0 Å². The molecule has 0 aliphatic heterocycles. The molecular weight excluding hydrogens is 769 g/mol. The number of fused-ring (bicyclic) bond motifs is 8. The van der Waals surface area contributed by atoms with Gasteiger partial charge in [0.1, 0.15) is 11.6 Å². The number of hydrogen-bond donors (Lipinski definition) is 3. The maximum Gasteiger partial charge on any atom is 0.309 e. The van der Waals surface area contributed by atoms with Gasteiger partial charge in [-0.15, -0.1) is 0 Å². The summed E-state index contributed by atoms with van der Waals surface area (Å²) in [6.45, 7) is 23.5. The van der Waals surface area contributed by atoms with E-state index in [0.717, 1.165) is 56.1 Å². The van der Waals surface area contributed by atoms with Crippen LogP contribution < -0.4 is 10.6 Å². The van der Waals surface area contributed by atoms with Crippen LogP contribution in [-0.4, -0.2) is 61.8 Å². The van der Waals surface area contributed by atoms with E-state index in [4.69, 9.17) is 4.74 Å². The number of aliphatic carboxylic acids is 1. The molecule has 0 saturated heterocycles. The smallest absolute Gasteiger partial charge is 0.309 e. The highest BCUT2D eigenvalue weighted by molar-refractivity contribution is 6.04. The molecule has 0 spiro atoms. The third-order valence-electron chi connectivity index (χ3n) is 18.6. The van der Waals surface area contributed by atoms with Crippen molar-refractivity contribution in [2.24, 2.45) is 62.6 Å². The van der Waals surface area contributed by atoms with Gasteiger partial charge in [0.2, 0.25) is 5.91 Å². The topological polar surface area (TPSA) is 165 Å². The highest BCUT2D eigenvalue weighted by atomic mass is 16.5. The van der Waals surface area contributed by atoms with Crippen molar-refractivity contribution in [1.82, 2.24) is 20.6 Å². The molecule has 11 nitrogen and oxygen atoms in total. The number of rotatable bonds is 8. The van der Waals surface area contributed by atoms with E-state index in [1.165, 1.54) is 0 Å². The van der Waals surface area contributed by atoms with Crippen LogP contribution in [0.15, 0.2) is 41.7 Å².